The van der Waals surface area contributed by atoms with Gasteiger partial charge in [0.1, 0.15) is 11.4 Å². The van der Waals surface area contributed by atoms with E-state index in [0.717, 1.165) is 73.3 Å². The SMILES string of the molecule is COc1ccccc1CCN(CCc1ccc(C(=O)O)cc1)C1CCCc2nc(C(=O)O)ccc21. The number of hydrogen-bond donors (Lipinski definition) is 2. The molecule has 182 valence electrons. The van der Waals surface area contributed by atoms with E-state index in [4.69, 9.17) is 4.74 Å². The fraction of sp³-hybridized carbons (Fsp3) is 0.321. The van der Waals surface area contributed by atoms with Gasteiger partial charge in [-0.1, -0.05) is 36.4 Å². The van der Waals surface area contributed by atoms with Crippen LogP contribution in [-0.4, -0.2) is 52.2 Å². The number of methoxy groups -OCH3 is 1. The van der Waals surface area contributed by atoms with Crippen molar-refractivity contribution in [1.29, 1.82) is 0 Å². The zero-order valence-corrected chi connectivity index (χ0v) is 19.8. The molecule has 7 nitrogen and oxygen atoms in total. The third-order valence-corrected chi connectivity index (χ3v) is 6.67. The Kier molecular flexibility index (Phi) is 7.77. The maximum atomic E-state index is 11.4. The first-order chi connectivity index (χ1) is 17.0. The van der Waals surface area contributed by atoms with Gasteiger partial charge in [-0.2, -0.15) is 0 Å². The van der Waals surface area contributed by atoms with Crippen molar-refractivity contribution in [3.8, 4) is 5.75 Å². The van der Waals surface area contributed by atoms with E-state index in [0.29, 0.717) is 0 Å². The second kappa shape index (κ2) is 11.1. The van der Waals surface area contributed by atoms with Crippen molar-refractivity contribution >= 4 is 11.9 Å². The molecule has 0 aliphatic heterocycles. The Morgan fingerprint density at radius 1 is 0.971 bits per heavy atom. The van der Waals surface area contributed by atoms with E-state index >= 15 is 0 Å². The number of carboxylic acids is 2. The van der Waals surface area contributed by atoms with Crippen molar-refractivity contribution in [3.63, 3.8) is 0 Å². The highest BCUT2D eigenvalue weighted by Gasteiger charge is 2.27. The molecule has 1 unspecified atom stereocenters. The Labute approximate surface area is 205 Å². The lowest BCUT2D eigenvalue weighted by Crippen LogP contribution is -2.35. The summed E-state index contributed by atoms with van der Waals surface area (Å²) in [6, 6.07) is 18.7. The smallest absolute Gasteiger partial charge is 0.354 e. The summed E-state index contributed by atoms with van der Waals surface area (Å²) in [5.41, 5.74) is 4.55. The van der Waals surface area contributed by atoms with Gasteiger partial charge in [0, 0.05) is 24.8 Å². The molecule has 0 amide bonds. The van der Waals surface area contributed by atoms with Crippen LogP contribution in [0.1, 0.15) is 62.1 Å². The zero-order valence-electron chi connectivity index (χ0n) is 19.8. The van der Waals surface area contributed by atoms with Crippen LogP contribution >= 0.6 is 0 Å². The standard InChI is InChI=1S/C28H30N2O5/c1-35-26-8-3-2-5-20(26)16-18-30(17-15-19-9-11-21(12-10-19)27(31)32)25-7-4-6-23-22(25)13-14-24(29-23)28(33)34/h2-3,5,8-14,25H,4,6-7,15-18H2,1H3,(H,31,32)(H,33,34). The number of nitrogens with zero attached hydrogens (tertiary/aromatic N) is 2. The van der Waals surface area contributed by atoms with E-state index in [9.17, 15) is 19.8 Å². The van der Waals surface area contributed by atoms with Crippen LogP contribution in [0.3, 0.4) is 0 Å². The molecule has 0 saturated carbocycles. The Morgan fingerprint density at radius 2 is 1.71 bits per heavy atom. The van der Waals surface area contributed by atoms with Crippen LogP contribution in [0.15, 0.2) is 60.7 Å². The topological polar surface area (TPSA) is 100.0 Å². The molecule has 7 heteroatoms. The molecule has 4 rings (SSSR count). The Morgan fingerprint density at radius 3 is 2.43 bits per heavy atom. The summed E-state index contributed by atoms with van der Waals surface area (Å²) in [4.78, 5) is 29.5. The maximum Gasteiger partial charge on any atom is 0.354 e. The number of aryl methyl sites for hydroxylation is 1. The monoisotopic (exact) mass is 474 g/mol. The van der Waals surface area contributed by atoms with Gasteiger partial charge in [-0.3, -0.25) is 4.90 Å². The molecule has 1 atom stereocenters. The van der Waals surface area contributed by atoms with Gasteiger partial charge in [-0.25, -0.2) is 14.6 Å². The third-order valence-electron chi connectivity index (χ3n) is 6.67. The summed E-state index contributed by atoms with van der Waals surface area (Å²) in [5, 5.41) is 18.5. The van der Waals surface area contributed by atoms with Crippen LogP contribution in [0.2, 0.25) is 0 Å². The minimum Gasteiger partial charge on any atom is -0.496 e. The van der Waals surface area contributed by atoms with Crippen molar-refractivity contribution in [2.24, 2.45) is 0 Å². The largest absolute Gasteiger partial charge is 0.496 e. The molecule has 3 aromatic rings. The van der Waals surface area contributed by atoms with E-state index in [1.165, 1.54) is 0 Å². The van der Waals surface area contributed by atoms with Crippen LogP contribution in [0.25, 0.3) is 0 Å². The van der Waals surface area contributed by atoms with Gasteiger partial charge < -0.3 is 14.9 Å². The lowest BCUT2D eigenvalue weighted by Gasteiger charge is -2.36. The van der Waals surface area contributed by atoms with Gasteiger partial charge in [0.15, 0.2) is 0 Å². The molecule has 0 bridgehead atoms. The number of para-hydroxylation sites is 1. The van der Waals surface area contributed by atoms with Crippen LogP contribution in [0.5, 0.6) is 5.75 Å². The lowest BCUT2D eigenvalue weighted by atomic mass is 9.89. The molecule has 0 spiro atoms. The van der Waals surface area contributed by atoms with E-state index in [-0.39, 0.29) is 17.3 Å². The number of carbonyl (C=O) groups is 2. The van der Waals surface area contributed by atoms with Gasteiger partial charge in [-0.05, 0) is 73.1 Å². The predicted octanol–water partition coefficient (Wildman–Crippen LogP) is 4.65. The normalized spacial score (nSPS) is 15.0. The molecule has 1 heterocycles. The highest BCUT2D eigenvalue weighted by molar-refractivity contribution is 5.87. The van der Waals surface area contributed by atoms with Crippen molar-refractivity contribution < 1.29 is 24.5 Å². The lowest BCUT2D eigenvalue weighted by molar-refractivity contribution is 0.0682. The quantitative estimate of drug-likeness (QED) is 0.441. The van der Waals surface area contributed by atoms with E-state index in [2.05, 4.69) is 16.0 Å². The van der Waals surface area contributed by atoms with Crippen molar-refractivity contribution in [1.82, 2.24) is 9.88 Å². The summed E-state index contributed by atoms with van der Waals surface area (Å²) in [7, 11) is 1.68. The number of carboxylic acid groups (broad SMARTS) is 2. The van der Waals surface area contributed by atoms with Crippen LogP contribution in [-0.2, 0) is 19.3 Å². The molecular weight excluding hydrogens is 444 g/mol. The van der Waals surface area contributed by atoms with Gasteiger partial charge in [-0.15, -0.1) is 0 Å². The average Bonchev–Trinajstić information content (AvgIpc) is 2.88. The molecule has 1 aliphatic carbocycles. The maximum absolute atomic E-state index is 11.4. The molecule has 2 aromatic carbocycles. The summed E-state index contributed by atoms with van der Waals surface area (Å²) in [6.07, 6.45) is 4.30. The Balaban J connectivity index is 1.57. The first-order valence-corrected chi connectivity index (χ1v) is 11.9. The summed E-state index contributed by atoms with van der Waals surface area (Å²) >= 11 is 0. The Hall–Kier alpha value is -3.71. The predicted molar refractivity (Wildman–Crippen MR) is 132 cm³/mol. The molecular formula is C28H30N2O5. The average molecular weight is 475 g/mol. The summed E-state index contributed by atoms with van der Waals surface area (Å²) < 4.78 is 5.54. The molecule has 0 radical (unpaired) electrons. The number of rotatable bonds is 10. The first-order valence-electron chi connectivity index (χ1n) is 11.9. The summed E-state index contributed by atoms with van der Waals surface area (Å²) in [5.74, 6) is -1.07. The highest BCUT2D eigenvalue weighted by atomic mass is 16.5. The second-order valence-electron chi connectivity index (χ2n) is 8.80. The number of fused-ring (bicyclic) bond motifs is 1. The van der Waals surface area contributed by atoms with E-state index < -0.39 is 11.9 Å². The van der Waals surface area contributed by atoms with Gasteiger partial charge >= 0.3 is 11.9 Å². The van der Waals surface area contributed by atoms with Crippen molar-refractivity contribution in [2.75, 3.05) is 20.2 Å². The van der Waals surface area contributed by atoms with Crippen LogP contribution in [0.4, 0.5) is 0 Å². The number of ether oxygens (including phenoxy) is 1. The zero-order chi connectivity index (χ0) is 24.8. The number of aromatic nitrogens is 1. The number of benzene rings is 2. The van der Waals surface area contributed by atoms with E-state index in [1.807, 2.05) is 36.4 Å². The number of hydrogen-bond acceptors (Lipinski definition) is 5. The molecule has 0 fully saturated rings. The number of pyridine rings is 1. The fourth-order valence-corrected chi connectivity index (χ4v) is 4.82. The second-order valence-corrected chi connectivity index (χ2v) is 8.80. The number of aromatic carboxylic acids is 2. The molecule has 2 N–H and O–H groups in total. The molecule has 35 heavy (non-hydrogen) atoms. The third kappa shape index (κ3) is 5.87. The van der Waals surface area contributed by atoms with Crippen LogP contribution in [0, 0.1) is 0 Å². The molecule has 1 aliphatic rings. The van der Waals surface area contributed by atoms with Crippen LogP contribution < -0.4 is 4.74 Å². The fourth-order valence-electron chi connectivity index (χ4n) is 4.82. The van der Waals surface area contributed by atoms with Crippen molar-refractivity contribution in [3.05, 3.63) is 94.3 Å². The highest BCUT2D eigenvalue weighted by Crippen LogP contribution is 2.34. The van der Waals surface area contributed by atoms with Gasteiger partial charge in [0.05, 0.1) is 12.7 Å². The molecule has 1 aromatic heterocycles. The van der Waals surface area contributed by atoms with Crippen molar-refractivity contribution in [2.45, 2.75) is 38.1 Å². The first kappa shape index (κ1) is 24.4. The van der Waals surface area contributed by atoms with E-state index in [1.54, 1.807) is 25.3 Å². The Bertz CT molecular complexity index is 1190. The van der Waals surface area contributed by atoms with Gasteiger partial charge in [0.2, 0.25) is 0 Å². The minimum atomic E-state index is -1.01. The van der Waals surface area contributed by atoms with Gasteiger partial charge in [0.25, 0.3) is 0 Å². The summed E-state index contributed by atoms with van der Waals surface area (Å²) in [6.45, 7) is 1.59. The minimum absolute atomic E-state index is 0.0866. The molecule has 0 saturated heterocycles.